The minimum atomic E-state index is -1.13. The van der Waals surface area contributed by atoms with Gasteiger partial charge in [0.05, 0.1) is 17.2 Å². The van der Waals surface area contributed by atoms with E-state index in [1.54, 1.807) is 12.1 Å². The van der Waals surface area contributed by atoms with Crippen LogP contribution in [0.4, 0.5) is 4.79 Å². The quantitative estimate of drug-likeness (QED) is 0.815. The largest absolute Gasteiger partial charge is 0.449 e. The Kier molecular flexibility index (Phi) is 6.52. The highest BCUT2D eigenvalue weighted by molar-refractivity contribution is 5.98. The molecule has 0 radical (unpaired) electrons. The molecule has 1 saturated carbocycles. The predicted molar refractivity (Wildman–Crippen MR) is 89.6 cm³/mol. The van der Waals surface area contributed by atoms with Crippen molar-refractivity contribution in [2.75, 3.05) is 0 Å². The van der Waals surface area contributed by atoms with E-state index in [0.29, 0.717) is 5.56 Å². The lowest BCUT2D eigenvalue weighted by Crippen LogP contribution is -2.48. The SMILES string of the molecule is C[C@@H](OC(=O)c1cccc(C#N)c1)C(=O)NC(=O)NC1CCCCC1. The van der Waals surface area contributed by atoms with Crippen molar-refractivity contribution in [1.82, 2.24) is 10.6 Å². The minimum absolute atomic E-state index is 0.0770. The number of carbonyl (C=O) groups excluding carboxylic acids is 3. The summed E-state index contributed by atoms with van der Waals surface area (Å²) in [5.41, 5.74) is 0.490. The van der Waals surface area contributed by atoms with E-state index in [-0.39, 0.29) is 11.6 Å². The summed E-state index contributed by atoms with van der Waals surface area (Å²) in [4.78, 5) is 35.8. The number of imide groups is 1. The lowest BCUT2D eigenvalue weighted by atomic mass is 9.96. The van der Waals surface area contributed by atoms with Crippen LogP contribution in [0.5, 0.6) is 0 Å². The van der Waals surface area contributed by atoms with E-state index >= 15 is 0 Å². The van der Waals surface area contributed by atoms with Gasteiger partial charge in [0.25, 0.3) is 5.91 Å². The van der Waals surface area contributed by atoms with E-state index in [2.05, 4.69) is 10.6 Å². The molecule has 0 aliphatic heterocycles. The minimum Gasteiger partial charge on any atom is -0.449 e. The maximum Gasteiger partial charge on any atom is 0.338 e. The number of hydrogen-bond donors (Lipinski definition) is 2. The second-order valence-electron chi connectivity index (χ2n) is 6.04. The van der Waals surface area contributed by atoms with Gasteiger partial charge in [0.15, 0.2) is 6.10 Å². The summed E-state index contributed by atoms with van der Waals surface area (Å²) in [7, 11) is 0. The number of amides is 3. The van der Waals surface area contributed by atoms with Crippen molar-refractivity contribution in [2.24, 2.45) is 0 Å². The Morgan fingerprint density at radius 1 is 1.24 bits per heavy atom. The van der Waals surface area contributed by atoms with Gasteiger partial charge in [-0.2, -0.15) is 5.26 Å². The Hall–Kier alpha value is -2.88. The molecule has 1 aliphatic rings. The number of hydrogen-bond acceptors (Lipinski definition) is 5. The van der Waals surface area contributed by atoms with Crippen LogP contribution in [-0.2, 0) is 9.53 Å². The molecule has 0 unspecified atom stereocenters. The Morgan fingerprint density at radius 3 is 2.64 bits per heavy atom. The van der Waals surface area contributed by atoms with E-state index in [9.17, 15) is 14.4 Å². The summed E-state index contributed by atoms with van der Waals surface area (Å²) in [5, 5.41) is 13.8. The fourth-order valence-electron chi connectivity index (χ4n) is 2.68. The van der Waals surface area contributed by atoms with E-state index < -0.39 is 24.0 Å². The van der Waals surface area contributed by atoms with Gasteiger partial charge in [0, 0.05) is 6.04 Å². The van der Waals surface area contributed by atoms with Gasteiger partial charge in [0.1, 0.15) is 0 Å². The number of nitrogens with zero attached hydrogens (tertiary/aromatic N) is 1. The second kappa shape index (κ2) is 8.83. The van der Waals surface area contributed by atoms with Gasteiger partial charge in [-0.3, -0.25) is 10.1 Å². The number of benzene rings is 1. The van der Waals surface area contributed by atoms with Crippen molar-refractivity contribution in [2.45, 2.75) is 51.2 Å². The van der Waals surface area contributed by atoms with Crippen molar-refractivity contribution in [3.8, 4) is 6.07 Å². The molecule has 25 heavy (non-hydrogen) atoms. The molecule has 1 aliphatic carbocycles. The van der Waals surface area contributed by atoms with Crippen molar-refractivity contribution in [3.05, 3.63) is 35.4 Å². The number of urea groups is 1. The van der Waals surface area contributed by atoms with Crippen LogP contribution in [0.15, 0.2) is 24.3 Å². The molecular weight excluding hydrogens is 322 g/mol. The van der Waals surface area contributed by atoms with Crippen molar-refractivity contribution >= 4 is 17.9 Å². The fourth-order valence-corrected chi connectivity index (χ4v) is 2.68. The van der Waals surface area contributed by atoms with Crippen LogP contribution in [-0.4, -0.2) is 30.1 Å². The first-order chi connectivity index (χ1) is 12.0. The second-order valence-corrected chi connectivity index (χ2v) is 6.04. The average molecular weight is 343 g/mol. The number of carbonyl (C=O) groups is 3. The molecular formula is C18H21N3O4. The fraction of sp³-hybridized carbons (Fsp3) is 0.444. The number of rotatable bonds is 4. The summed E-state index contributed by atoms with van der Waals surface area (Å²) in [6, 6.07) is 7.40. The van der Waals surface area contributed by atoms with E-state index in [1.807, 2.05) is 6.07 Å². The van der Waals surface area contributed by atoms with Crippen LogP contribution in [0.2, 0.25) is 0 Å². The Balaban J connectivity index is 1.83. The standard InChI is InChI=1S/C18H21N3O4/c1-12(25-17(23)14-7-5-6-13(10-14)11-19)16(22)21-18(24)20-15-8-3-2-4-9-15/h5-7,10,12,15H,2-4,8-9H2,1H3,(H2,20,21,22,24)/t12-/m1/s1. The smallest absolute Gasteiger partial charge is 0.338 e. The normalized spacial score (nSPS) is 15.5. The highest BCUT2D eigenvalue weighted by Gasteiger charge is 2.22. The zero-order chi connectivity index (χ0) is 18.2. The topological polar surface area (TPSA) is 108 Å². The molecule has 7 nitrogen and oxygen atoms in total. The van der Waals surface area contributed by atoms with E-state index in [0.717, 1.165) is 25.7 Å². The van der Waals surface area contributed by atoms with Gasteiger partial charge in [-0.25, -0.2) is 9.59 Å². The third-order valence-electron chi connectivity index (χ3n) is 4.06. The predicted octanol–water partition coefficient (Wildman–Crippen LogP) is 2.26. The zero-order valence-corrected chi connectivity index (χ0v) is 14.1. The summed E-state index contributed by atoms with van der Waals surface area (Å²) >= 11 is 0. The molecule has 7 heteroatoms. The molecule has 0 aromatic heterocycles. The molecule has 0 bridgehead atoms. The number of esters is 1. The van der Waals surface area contributed by atoms with E-state index in [1.165, 1.54) is 25.5 Å². The van der Waals surface area contributed by atoms with Gasteiger partial charge in [-0.05, 0) is 38.0 Å². The monoisotopic (exact) mass is 343 g/mol. The van der Waals surface area contributed by atoms with E-state index in [4.69, 9.17) is 10.00 Å². The van der Waals surface area contributed by atoms with Crippen molar-refractivity contribution in [1.29, 1.82) is 5.26 Å². The molecule has 0 saturated heterocycles. The van der Waals surface area contributed by atoms with Crippen LogP contribution in [0.3, 0.4) is 0 Å². The maximum atomic E-state index is 12.0. The van der Waals surface area contributed by atoms with Crippen LogP contribution in [0, 0.1) is 11.3 Å². The lowest BCUT2D eigenvalue weighted by molar-refractivity contribution is -0.127. The Labute approximate surface area is 146 Å². The van der Waals surface area contributed by atoms with Gasteiger partial charge in [-0.1, -0.05) is 25.3 Å². The molecule has 0 heterocycles. The molecule has 132 valence electrons. The summed E-state index contributed by atoms with van der Waals surface area (Å²) in [5.74, 6) is -1.43. The molecule has 2 rings (SSSR count). The van der Waals surface area contributed by atoms with Crippen LogP contribution in [0.1, 0.15) is 54.9 Å². The van der Waals surface area contributed by atoms with Crippen LogP contribution >= 0.6 is 0 Å². The number of nitriles is 1. The highest BCUT2D eigenvalue weighted by Crippen LogP contribution is 2.17. The molecule has 1 atom stereocenters. The van der Waals surface area contributed by atoms with Crippen LogP contribution < -0.4 is 10.6 Å². The first kappa shape index (κ1) is 18.5. The molecule has 1 fully saturated rings. The molecule has 0 spiro atoms. The number of ether oxygens (including phenoxy) is 1. The third-order valence-corrected chi connectivity index (χ3v) is 4.06. The first-order valence-corrected chi connectivity index (χ1v) is 8.32. The van der Waals surface area contributed by atoms with Gasteiger partial charge >= 0.3 is 12.0 Å². The summed E-state index contributed by atoms with van der Waals surface area (Å²) in [6.07, 6.45) is 3.97. The molecule has 2 N–H and O–H groups in total. The summed E-state index contributed by atoms with van der Waals surface area (Å²) in [6.45, 7) is 1.38. The molecule has 1 aromatic rings. The summed E-state index contributed by atoms with van der Waals surface area (Å²) < 4.78 is 5.05. The van der Waals surface area contributed by atoms with Crippen molar-refractivity contribution < 1.29 is 19.1 Å². The molecule has 1 aromatic carbocycles. The lowest BCUT2D eigenvalue weighted by Gasteiger charge is -2.23. The third kappa shape index (κ3) is 5.60. The van der Waals surface area contributed by atoms with Gasteiger partial charge < -0.3 is 10.1 Å². The van der Waals surface area contributed by atoms with Gasteiger partial charge in [-0.15, -0.1) is 0 Å². The number of nitrogens with one attached hydrogen (secondary N) is 2. The van der Waals surface area contributed by atoms with Crippen molar-refractivity contribution in [3.63, 3.8) is 0 Å². The maximum absolute atomic E-state index is 12.0. The Morgan fingerprint density at radius 2 is 1.96 bits per heavy atom. The first-order valence-electron chi connectivity index (χ1n) is 8.32. The van der Waals surface area contributed by atoms with Crippen LogP contribution in [0.25, 0.3) is 0 Å². The zero-order valence-electron chi connectivity index (χ0n) is 14.1. The Bertz CT molecular complexity index is 690. The molecule has 3 amide bonds. The average Bonchev–Trinajstić information content (AvgIpc) is 2.62. The van der Waals surface area contributed by atoms with Gasteiger partial charge in [0.2, 0.25) is 0 Å². The highest BCUT2D eigenvalue weighted by atomic mass is 16.5.